The van der Waals surface area contributed by atoms with Crippen molar-refractivity contribution in [2.45, 2.75) is 6.61 Å². The van der Waals surface area contributed by atoms with Crippen LogP contribution in [-0.4, -0.2) is 5.11 Å². The Bertz CT molecular complexity index is 605. The number of aliphatic hydroxyl groups is 1. The summed E-state index contributed by atoms with van der Waals surface area (Å²) in [5, 5.41) is 18.3. The maximum atomic E-state index is 9.18. The summed E-state index contributed by atoms with van der Waals surface area (Å²) in [4.78, 5) is 0. The molecule has 0 amide bonds. The maximum absolute atomic E-state index is 9.18. The zero-order chi connectivity index (χ0) is 13.0. The van der Waals surface area contributed by atoms with E-state index in [0.29, 0.717) is 27.6 Å². The van der Waals surface area contributed by atoms with Crippen LogP contribution >= 0.6 is 11.6 Å². The van der Waals surface area contributed by atoms with Gasteiger partial charge in [-0.15, -0.1) is 0 Å². The monoisotopic (exact) mass is 259 g/mol. The van der Waals surface area contributed by atoms with Crippen molar-refractivity contribution in [3.63, 3.8) is 0 Å². The third kappa shape index (κ3) is 2.62. The van der Waals surface area contributed by atoms with Crippen molar-refractivity contribution in [2.24, 2.45) is 0 Å². The summed E-state index contributed by atoms with van der Waals surface area (Å²) in [5.41, 5.74) is 1.09. The second-order valence-corrected chi connectivity index (χ2v) is 4.03. The van der Waals surface area contributed by atoms with Gasteiger partial charge < -0.3 is 9.84 Å². The zero-order valence-electron chi connectivity index (χ0n) is 9.43. The van der Waals surface area contributed by atoms with Crippen molar-refractivity contribution in [2.75, 3.05) is 0 Å². The molecule has 3 nitrogen and oxygen atoms in total. The number of hydrogen-bond acceptors (Lipinski definition) is 3. The fourth-order valence-electron chi connectivity index (χ4n) is 1.51. The van der Waals surface area contributed by atoms with Crippen molar-refractivity contribution in [3.8, 4) is 17.6 Å². The molecule has 0 radical (unpaired) electrons. The van der Waals surface area contributed by atoms with E-state index in [2.05, 4.69) is 0 Å². The highest BCUT2D eigenvalue weighted by Gasteiger charge is 2.05. The van der Waals surface area contributed by atoms with Gasteiger partial charge in [-0.1, -0.05) is 29.8 Å². The molecule has 0 heterocycles. The summed E-state index contributed by atoms with van der Waals surface area (Å²) < 4.78 is 5.63. The third-order valence-electron chi connectivity index (χ3n) is 2.43. The molecule has 0 aliphatic carbocycles. The molecule has 2 aromatic carbocycles. The zero-order valence-corrected chi connectivity index (χ0v) is 10.2. The minimum absolute atomic E-state index is 0.0970. The minimum Gasteiger partial charge on any atom is -0.457 e. The molecule has 0 unspecified atom stereocenters. The smallest absolute Gasteiger partial charge is 0.132 e. The van der Waals surface area contributed by atoms with E-state index in [1.165, 1.54) is 0 Å². The summed E-state index contributed by atoms with van der Waals surface area (Å²) in [5.74, 6) is 1.10. The molecule has 0 bridgehead atoms. The van der Waals surface area contributed by atoms with Gasteiger partial charge in [-0.2, -0.15) is 5.26 Å². The normalized spacial score (nSPS) is 9.83. The van der Waals surface area contributed by atoms with E-state index in [1.54, 1.807) is 30.3 Å². The van der Waals surface area contributed by atoms with Crippen LogP contribution in [0.5, 0.6) is 11.5 Å². The van der Waals surface area contributed by atoms with Gasteiger partial charge in [0.05, 0.1) is 17.2 Å². The lowest BCUT2D eigenvalue weighted by atomic mass is 10.2. The molecular formula is C14H10ClNO2. The van der Waals surface area contributed by atoms with Crippen molar-refractivity contribution < 1.29 is 9.84 Å². The highest BCUT2D eigenvalue weighted by Crippen LogP contribution is 2.28. The van der Waals surface area contributed by atoms with Gasteiger partial charge in [0.1, 0.15) is 17.6 Å². The molecule has 1 N–H and O–H groups in total. The minimum atomic E-state index is -0.0970. The molecule has 2 aromatic rings. The van der Waals surface area contributed by atoms with E-state index in [9.17, 15) is 5.11 Å². The van der Waals surface area contributed by atoms with Crippen molar-refractivity contribution in [1.29, 1.82) is 5.26 Å². The second-order valence-electron chi connectivity index (χ2n) is 3.62. The summed E-state index contributed by atoms with van der Waals surface area (Å²) in [6.07, 6.45) is 0. The van der Waals surface area contributed by atoms with Gasteiger partial charge in [0, 0.05) is 11.6 Å². The number of nitrogens with zero attached hydrogens (tertiary/aromatic N) is 1. The molecule has 4 heteroatoms. The van der Waals surface area contributed by atoms with E-state index in [1.807, 2.05) is 18.2 Å². The average molecular weight is 260 g/mol. The van der Waals surface area contributed by atoms with Crippen LogP contribution in [0.15, 0.2) is 42.5 Å². The van der Waals surface area contributed by atoms with Crippen molar-refractivity contribution in [3.05, 3.63) is 58.6 Å². The third-order valence-corrected chi connectivity index (χ3v) is 2.74. The van der Waals surface area contributed by atoms with E-state index in [4.69, 9.17) is 21.6 Å². The van der Waals surface area contributed by atoms with E-state index in [-0.39, 0.29) is 6.61 Å². The molecule has 18 heavy (non-hydrogen) atoms. The Morgan fingerprint density at radius 1 is 1.22 bits per heavy atom. The first-order chi connectivity index (χ1) is 8.74. The lowest BCUT2D eigenvalue weighted by Gasteiger charge is -2.09. The number of benzene rings is 2. The SMILES string of the molecule is N#Cc1ccc(Oc2ccccc2CO)cc1Cl. The largest absolute Gasteiger partial charge is 0.457 e. The average Bonchev–Trinajstić information content (AvgIpc) is 2.39. The van der Waals surface area contributed by atoms with Crippen LogP contribution in [0.4, 0.5) is 0 Å². The highest BCUT2D eigenvalue weighted by molar-refractivity contribution is 6.31. The molecule has 0 saturated heterocycles. The number of ether oxygens (including phenoxy) is 1. The Balaban J connectivity index is 2.29. The predicted octanol–water partition coefficient (Wildman–Crippen LogP) is 3.50. The van der Waals surface area contributed by atoms with Crippen LogP contribution in [0, 0.1) is 11.3 Å². The van der Waals surface area contributed by atoms with Gasteiger partial charge >= 0.3 is 0 Å². The highest BCUT2D eigenvalue weighted by atomic mass is 35.5. The Kier molecular flexibility index (Phi) is 3.83. The van der Waals surface area contributed by atoms with Crippen molar-refractivity contribution >= 4 is 11.6 Å². The number of nitriles is 1. The van der Waals surface area contributed by atoms with E-state index in [0.717, 1.165) is 0 Å². The second kappa shape index (κ2) is 5.54. The first-order valence-electron chi connectivity index (χ1n) is 5.31. The molecule has 0 saturated carbocycles. The molecule has 0 aromatic heterocycles. The van der Waals surface area contributed by atoms with Crippen LogP contribution < -0.4 is 4.74 Å². The number of para-hydroxylation sites is 1. The summed E-state index contributed by atoms with van der Waals surface area (Å²) in [6.45, 7) is -0.0970. The Hall–Kier alpha value is -2.02. The van der Waals surface area contributed by atoms with Crippen LogP contribution in [0.2, 0.25) is 5.02 Å². The van der Waals surface area contributed by atoms with Crippen LogP contribution in [0.1, 0.15) is 11.1 Å². The Labute approximate surface area is 110 Å². The Morgan fingerprint density at radius 3 is 2.67 bits per heavy atom. The van der Waals surface area contributed by atoms with E-state index >= 15 is 0 Å². The molecule has 0 atom stereocenters. The summed E-state index contributed by atoms with van der Waals surface area (Å²) in [6, 6.07) is 14.0. The van der Waals surface area contributed by atoms with Crippen LogP contribution in [0.25, 0.3) is 0 Å². The first kappa shape index (κ1) is 12.4. The van der Waals surface area contributed by atoms with E-state index < -0.39 is 0 Å². The van der Waals surface area contributed by atoms with Gasteiger partial charge in [0.15, 0.2) is 0 Å². The molecule has 0 aliphatic rings. The van der Waals surface area contributed by atoms with Gasteiger partial charge in [0.25, 0.3) is 0 Å². The quantitative estimate of drug-likeness (QED) is 0.918. The Morgan fingerprint density at radius 2 is 2.00 bits per heavy atom. The lowest BCUT2D eigenvalue weighted by molar-refractivity contribution is 0.276. The predicted molar refractivity (Wildman–Crippen MR) is 68.6 cm³/mol. The molecular weight excluding hydrogens is 250 g/mol. The standard InChI is InChI=1S/C14H10ClNO2/c15-13-7-12(6-5-10(13)8-16)18-14-4-2-1-3-11(14)9-17/h1-7,17H,9H2. The van der Waals surface area contributed by atoms with Gasteiger partial charge in [0.2, 0.25) is 0 Å². The number of hydrogen-bond donors (Lipinski definition) is 1. The van der Waals surface area contributed by atoms with Gasteiger partial charge in [-0.05, 0) is 18.2 Å². The molecule has 0 fully saturated rings. The number of rotatable bonds is 3. The van der Waals surface area contributed by atoms with Gasteiger partial charge in [-0.3, -0.25) is 0 Å². The molecule has 2 rings (SSSR count). The topological polar surface area (TPSA) is 53.2 Å². The van der Waals surface area contributed by atoms with Crippen LogP contribution in [-0.2, 0) is 6.61 Å². The fraction of sp³-hybridized carbons (Fsp3) is 0.0714. The maximum Gasteiger partial charge on any atom is 0.132 e. The van der Waals surface area contributed by atoms with Crippen molar-refractivity contribution in [1.82, 2.24) is 0 Å². The first-order valence-corrected chi connectivity index (χ1v) is 5.68. The fourth-order valence-corrected chi connectivity index (χ4v) is 1.72. The number of aliphatic hydroxyl groups excluding tert-OH is 1. The molecule has 90 valence electrons. The van der Waals surface area contributed by atoms with Gasteiger partial charge in [-0.25, -0.2) is 0 Å². The summed E-state index contributed by atoms with van der Waals surface area (Å²) >= 11 is 5.92. The molecule has 0 aliphatic heterocycles. The lowest BCUT2D eigenvalue weighted by Crippen LogP contribution is -1.91. The van der Waals surface area contributed by atoms with Crippen LogP contribution in [0.3, 0.4) is 0 Å². The molecule has 0 spiro atoms. The summed E-state index contributed by atoms with van der Waals surface area (Å²) in [7, 11) is 0. The number of halogens is 1.